The topological polar surface area (TPSA) is 48.5 Å². The number of anilines is 1. The van der Waals surface area contributed by atoms with Crippen molar-refractivity contribution in [1.82, 2.24) is 15.2 Å². The van der Waals surface area contributed by atoms with E-state index in [9.17, 15) is 13.6 Å². The second kappa shape index (κ2) is 7.52. The van der Waals surface area contributed by atoms with Crippen molar-refractivity contribution < 1.29 is 13.6 Å². The molecule has 0 radical (unpaired) electrons. The molecule has 5 rings (SSSR count). The summed E-state index contributed by atoms with van der Waals surface area (Å²) in [6.07, 6.45) is 2.94. The third-order valence-corrected chi connectivity index (χ3v) is 6.81. The van der Waals surface area contributed by atoms with E-state index < -0.39 is 17.2 Å². The first kappa shape index (κ1) is 20.8. The van der Waals surface area contributed by atoms with Gasteiger partial charge in [0.15, 0.2) is 5.82 Å². The van der Waals surface area contributed by atoms with E-state index >= 15 is 0 Å². The molecule has 1 aromatic heterocycles. The highest BCUT2D eigenvalue weighted by Gasteiger charge is 2.47. The number of fused-ring (bicyclic) bond motifs is 1. The van der Waals surface area contributed by atoms with Gasteiger partial charge in [-0.2, -0.15) is 0 Å². The lowest BCUT2D eigenvalue weighted by Gasteiger charge is -2.44. The molecule has 1 saturated carbocycles. The minimum Gasteiger partial charge on any atom is -0.368 e. The second-order valence-electron chi connectivity index (χ2n) is 9.20. The predicted octanol–water partition coefficient (Wildman–Crippen LogP) is 3.99. The van der Waals surface area contributed by atoms with Crippen LogP contribution in [0.15, 0.2) is 42.6 Å². The monoisotopic (exact) mass is 436 g/mol. The van der Waals surface area contributed by atoms with E-state index in [0.29, 0.717) is 35.4 Å². The van der Waals surface area contributed by atoms with Gasteiger partial charge in [-0.25, -0.2) is 8.78 Å². The molecule has 1 amide bonds. The average Bonchev–Trinajstić information content (AvgIpc) is 3.47. The molecule has 1 N–H and O–H groups in total. The molecule has 2 aromatic carbocycles. The molecular formula is C25H26F2N4O. The average molecular weight is 437 g/mol. The number of likely N-dealkylation sites (N-methyl/N-ethyl adjacent to an activating group) is 1. The van der Waals surface area contributed by atoms with Crippen molar-refractivity contribution in [2.75, 3.05) is 32.1 Å². The Labute approximate surface area is 186 Å². The van der Waals surface area contributed by atoms with Gasteiger partial charge in [0.25, 0.3) is 5.91 Å². The minimum absolute atomic E-state index is 0.121. The van der Waals surface area contributed by atoms with Crippen LogP contribution in [0.5, 0.6) is 0 Å². The van der Waals surface area contributed by atoms with E-state index in [2.05, 4.69) is 34.2 Å². The number of hydrogen-bond acceptors (Lipinski definition) is 4. The Morgan fingerprint density at radius 3 is 2.59 bits per heavy atom. The summed E-state index contributed by atoms with van der Waals surface area (Å²) in [5.74, 6) is -1.52. The van der Waals surface area contributed by atoms with Crippen LogP contribution < -0.4 is 10.2 Å². The number of nitrogens with zero attached hydrogens (tertiary/aromatic N) is 3. The van der Waals surface area contributed by atoms with Crippen LogP contribution >= 0.6 is 0 Å². The molecule has 1 aliphatic carbocycles. The van der Waals surface area contributed by atoms with Gasteiger partial charge < -0.3 is 15.1 Å². The van der Waals surface area contributed by atoms with E-state index in [1.807, 2.05) is 25.1 Å². The van der Waals surface area contributed by atoms with Crippen molar-refractivity contribution in [1.29, 1.82) is 0 Å². The highest BCUT2D eigenvalue weighted by Crippen LogP contribution is 2.48. The summed E-state index contributed by atoms with van der Waals surface area (Å²) >= 11 is 0. The zero-order valence-electron chi connectivity index (χ0n) is 18.5. The van der Waals surface area contributed by atoms with Gasteiger partial charge in [-0.05, 0) is 69.3 Å². The van der Waals surface area contributed by atoms with Crippen LogP contribution in [0.3, 0.4) is 0 Å². The van der Waals surface area contributed by atoms with Crippen LogP contribution in [0.4, 0.5) is 14.5 Å². The number of halogens is 2. The van der Waals surface area contributed by atoms with Crippen molar-refractivity contribution in [2.45, 2.75) is 31.3 Å². The highest BCUT2D eigenvalue weighted by molar-refractivity contribution is 5.98. The molecule has 166 valence electrons. The van der Waals surface area contributed by atoms with Crippen molar-refractivity contribution >= 4 is 22.5 Å². The Morgan fingerprint density at radius 1 is 1.16 bits per heavy atom. The van der Waals surface area contributed by atoms with Gasteiger partial charge in [0.05, 0.1) is 5.54 Å². The summed E-state index contributed by atoms with van der Waals surface area (Å²) in [6, 6.07) is 10.4. The van der Waals surface area contributed by atoms with E-state index in [-0.39, 0.29) is 11.4 Å². The molecular weight excluding hydrogens is 410 g/mol. The second-order valence-corrected chi connectivity index (χ2v) is 9.20. The smallest absolute Gasteiger partial charge is 0.252 e. The zero-order valence-corrected chi connectivity index (χ0v) is 18.5. The summed E-state index contributed by atoms with van der Waals surface area (Å²) in [7, 11) is 4.15. The zero-order chi connectivity index (χ0) is 22.6. The van der Waals surface area contributed by atoms with Crippen LogP contribution in [0, 0.1) is 18.6 Å². The quantitative estimate of drug-likeness (QED) is 0.657. The molecule has 1 saturated heterocycles. The maximum Gasteiger partial charge on any atom is 0.252 e. The number of nitrogens with one attached hydrogen (secondary N) is 1. The highest BCUT2D eigenvalue weighted by atomic mass is 19.1. The van der Waals surface area contributed by atoms with E-state index in [1.54, 1.807) is 6.07 Å². The van der Waals surface area contributed by atoms with Gasteiger partial charge in [0, 0.05) is 48.0 Å². The standard InChI is InChI=1S/C25H26F2N4O/c1-15-4-5-17(31-13-18(14-31)30(2)3)12-19(15)24(32)29-25(7-8-25)21-6-9-28-23-20(21)10-16(26)11-22(23)27/h4-6,9-12,18H,7-8,13-14H2,1-3H3,(H,29,32). The van der Waals surface area contributed by atoms with Gasteiger partial charge in [-0.1, -0.05) is 6.07 Å². The Hall–Kier alpha value is -3.06. The molecule has 2 fully saturated rings. The summed E-state index contributed by atoms with van der Waals surface area (Å²) in [5, 5.41) is 3.57. The Morgan fingerprint density at radius 2 is 1.91 bits per heavy atom. The molecule has 0 spiro atoms. The molecule has 5 nitrogen and oxygen atoms in total. The molecule has 0 bridgehead atoms. The lowest BCUT2D eigenvalue weighted by molar-refractivity contribution is 0.0930. The fourth-order valence-electron chi connectivity index (χ4n) is 4.51. The molecule has 3 aromatic rings. The molecule has 0 atom stereocenters. The number of pyridine rings is 1. The number of aryl methyl sites for hydroxylation is 1. The maximum atomic E-state index is 14.3. The van der Waals surface area contributed by atoms with Crippen LogP contribution in [0.1, 0.15) is 34.3 Å². The summed E-state index contributed by atoms with van der Waals surface area (Å²) < 4.78 is 28.2. The van der Waals surface area contributed by atoms with E-state index in [0.717, 1.165) is 30.4 Å². The van der Waals surface area contributed by atoms with Gasteiger partial charge in [-0.15, -0.1) is 0 Å². The van der Waals surface area contributed by atoms with Crippen LogP contribution in [-0.4, -0.2) is 49.0 Å². The number of rotatable bonds is 5. The lowest BCUT2D eigenvalue weighted by atomic mass is 9.98. The van der Waals surface area contributed by atoms with Crippen LogP contribution in [0.2, 0.25) is 0 Å². The fourth-order valence-corrected chi connectivity index (χ4v) is 4.51. The van der Waals surface area contributed by atoms with Crippen molar-refractivity contribution in [3.63, 3.8) is 0 Å². The number of aromatic nitrogens is 1. The fraction of sp³-hybridized carbons (Fsp3) is 0.360. The van der Waals surface area contributed by atoms with E-state index in [4.69, 9.17) is 0 Å². The predicted molar refractivity (Wildman–Crippen MR) is 121 cm³/mol. The summed E-state index contributed by atoms with van der Waals surface area (Å²) in [5.41, 5.74) is 2.74. The number of carbonyl (C=O) groups excluding carboxylic acids is 1. The number of hydrogen-bond donors (Lipinski definition) is 1. The SMILES string of the molecule is Cc1ccc(N2CC(N(C)C)C2)cc1C(=O)NC1(c2ccnc3c(F)cc(F)cc23)CC1. The van der Waals surface area contributed by atoms with Crippen molar-refractivity contribution in [3.8, 4) is 0 Å². The number of carbonyl (C=O) groups is 1. The number of amides is 1. The summed E-state index contributed by atoms with van der Waals surface area (Å²) in [6.45, 7) is 3.78. The Kier molecular flexibility index (Phi) is 4.89. The van der Waals surface area contributed by atoms with Gasteiger partial charge >= 0.3 is 0 Å². The van der Waals surface area contributed by atoms with Gasteiger partial charge in [0.1, 0.15) is 11.3 Å². The number of benzene rings is 2. The van der Waals surface area contributed by atoms with Gasteiger partial charge in [0.2, 0.25) is 0 Å². The molecule has 0 unspecified atom stereocenters. The first-order valence-electron chi connectivity index (χ1n) is 10.9. The van der Waals surface area contributed by atoms with Gasteiger partial charge in [-0.3, -0.25) is 9.78 Å². The maximum absolute atomic E-state index is 14.3. The molecule has 32 heavy (non-hydrogen) atoms. The molecule has 2 heterocycles. The Balaban J connectivity index is 1.43. The lowest BCUT2D eigenvalue weighted by Crippen LogP contribution is -2.57. The van der Waals surface area contributed by atoms with Crippen molar-refractivity contribution in [2.24, 2.45) is 0 Å². The third-order valence-electron chi connectivity index (χ3n) is 6.81. The molecule has 7 heteroatoms. The molecule has 1 aliphatic heterocycles. The first-order valence-corrected chi connectivity index (χ1v) is 10.9. The normalized spacial score (nSPS) is 17.5. The van der Waals surface area contributed by atoms with E-state index in [1.165, 1.54) is 12.3 Å². The Bertz CT molecular complexity index is 1220. The summed E-state index contributed by atoms with van der Waals surface area (Å²) in [4.78, 5) is 21.9. The molecule has 2 aliphatic rings. The van der Waals surface area contributed by atoms with Crippen molar-refractivity contribution in [3.05, 3.63) is 70.9 Å². The van der Waals surface area contributed by atoms with Crippen LogP contribution in [-0.2, 0) is 5.54 Å². The minimum atomic E-state index is -0.696. The third kappa shape index (κ3) is 3.50. The largest absolute Gasteiger partial charge is 0.368 e. The van der Waals surface area contributed by atoms with Crippen LogP contribution in [0.25, 0.3) is 10.9 Å². The first-order chi connectivity index (χ1) is 15.3.